The van der Waals surface area contributed by atoms with E-state index in [2.05, 4.69) is 4.98 Å². The molecule has 3 aromatic rings. The van der Waals surface area contributed by atoms with Gasteiger partial charge in [0.15, 0.2) is 17.6 Å². The van der Waals surface area contributed by atoms with Crippen molar-refractivity contribution in [1.82, 2.24) is 9.88 Å². The minimum atomic E-state index is -0.795. The van der Waals surface area contributed by atoms with Crippen LogP contribution >= 0.6 is 11.6 Å². The summed E-state index contributed by atoms with van der Waals surface area (Å²) in [5, 5.41) is 0. The molecule has 0 radical (unpaired) electrons. The number of amides is 2. The highest BCUT2D eigenvalue weighted by Gasteiger charge is 2.39. The van der Waals surface area contributed by atoms with E-state index >= 15 is 0 Å². The van der Waals surface area contributed by atoms with Gasteiger partial charge < -0.3 is 18.6 Å². The molecule has 4 rings (SSSR count). The summed E-state index contributed by atoms with van der Waals surface area (Å²) in [5.74, 6) is 1.64. The molecule has 2 aromatic carbocycles. The summed E-state index contributed by atoms with van der Waals surface area (Å²) < 4.78 is 22.1. The van der Waals surface area contributed by atoms with Crippen molar-refractivity contribution in [1.29, 1.82) is 0 Å². The second-order valence-corrected chi connectivity index (χ2v) is 8.52. The third-order valence-corrected chi connectivity index (χ3v) is 5.87. The summed E-state index contributed by atoms with van der Waals surface area (Å²) in [6.45, 7) is 0.459. The fourth-order valence-electron chi connectivity index (χ4n) is 3.74. The number of nitrogens with zero attached hydrogens (tertiary/aromatic N) is 2. The van der Waals surface area contributed by atoms with Gasteiger partial charge in [0.2, 0.25) is 5.89 Å². The Balaban J connectivity index is 1.34. The number of aryl methyl sites for hydroxylation is 1. The zero-order chi connectivity index (χ0) is 25.3. The molecular formula is C27H27ClN2O6. The van der Waals surface area contributed by atoms with Crippen LogP contribution in [0.3, 0.4) is 0 Å². The number of methoxy groups -OCH3 is 1. The van der Waals surface area contributed by atoms with Crippen LogP contribution in [0.4, 0.5) is 4.79 Å². The number of carbonyl (C=O) groups excluding carboxylic acids is 2. The maximum atomic E-state index is 12.5. The predicted molar refractivity (Wildman–Crippen MR) is 135 cm³/mol. The smallest absolute Gasteiger partial charge is 0.417 e. The van der Waals surface area contributed by atoms with Gasteiger partial charge in [-0.05, 0) is 48.6 Å². The van der Waals surface area contributed by atoms with Gasteiger partial charge in [-0.3, -0.25) is 4.79 Å². The molecule has 36 heavy (non-hydrogen) atoms. The lowest BCUT2D eigenvalue weighted by Gasteiger charge is -2.12. The quantitative estimate of drug-likeness (QED) is 0.304. The highest BCUT2D eigenvalue weighted by Crippen LogP contribution is 2.30. The Morgan fingerprint density at radius 2 is 1.94 bits per heavy atom. The van der Waals surface area contributed by atoms with E-state index in [1.807, 2.05) is 48.5 Å². The van der Waals surface area contributed by atoms with E-state index in [0.717, 1.165) is 16.0 Å². The number of imide groups is 1. The highest BCUT2D eigenvalue weighted by molar-refractivity contribution is 6.17. The van der Waals surface area contributed by atoms with Gasteiger partial charge in [-0.25, -0.2) is 14.7 Å². The van der Waals surface area contributed by atoms with Crippen LogP contribution in [0.2, 0.25) is 0 Å². The maximum absolute atomic E-state index is 12.5. The van der Waals surface area contributed by atoms with Gasteiger partial charge in [-0.1, -0.05) is 36.4 Å². The SMILES string of the molecule is COc1ccc(CCC2OC(=O)N(CCCCl)C2=O)cc1OCc1coc(C=Cc2ccccc2)n1. The van der Waals surface area contributed by atoms with Gasteiger partial charge in [-0.15, -0.1) is 11.6 Å². The number of ether oxygens (including phenoxy) is 3. The van der Waals surface area contributed by atoms with Crippen molar-refractivity contribution in [3.8, 4) is 11.5 Å². The molecule has 1 atom stereocenters. The van der Waals surface area contributed by atoms with Crippen LogP contribution in [0.1, 0.15) is 35.6 Å². The van der Waals surface area contributed by atoms with E-state index in [9.17, 15) is 9.59 Å². The zero-order valence-electron chi connectivity index (χ0n) is 19.9. The molecule has 1 fully saturated rings. The van der Waals surface area contributed by atoms with Crippen LogP contribution in [-0.2, 0) is 22.6 Å². The van der Waals surface area contributed by atoms with Gasteiger partial charge in [0.05, 0.1) is 7.11 Å². The van der Waals surface area contributed by atoms with E-state index in [1.165, 1.54) is 0 Å². The number of aromatic nitrogens is 1. The van der Waals surface area contributed by atoms with Crippen molar-refractivity contribution in [2.75, 3.05) is 19.5 Å². The molecule has 0 N–H and O–H groups in total. The lowest BCUT2D eigenvalue weighted by atomic mass is 10.1. The average Bonchev–Trinajstić information content (AvgIpc) is 3.47. The van der Waals surface area contributed by atoms with E-state index in [4.69, 9.17) is 30.2 Å². The number of carbonyl (C=O) groups is 2. The number of halogens is 1. The van der Waals surface area contributed by atoms with Crippen molar-refractivity contribution in [3.05, 3.63) is 77.5 Å². The standard InChI is InChI=1S/C27H27ClN2O6/c1-33-22-11-8-20(9-12-23-26(31)30(15-5-14-28)27(32)36-23)16-24(22)34-17-21-18-35-25(29-21)13-10-19-6-3-2-4-7-19/h2-4,6-8,10-11,13,16,18,23H,5,9,12,14-15,17H2,1H3. The Morgan fingerprint density at radius 3 is 2.72 bits per heavy atom. The molecule has 0 saturated carbocycles. The topological polar surface area (TPSA) is 91.1 Å². The van der Waals surface area contributed by atoms with Crippen LogP contribution < -0.4 is 9.47 Å². The highest BCUT2D eigenvalue weighted by atomic mass is 35.5. The molecule has 1 aliphatic rings. The lowest BCUT2D eigenvalue weighted by molar-refractivity contribution is -0.129. The third-order valence-electron chi connectivity index (χ3n) is 5.61. The zero-order valence-corrected chi connectivity index (χ0v) is 20.6. The number of alkyl halides is 1. The third kappa shape index (κ3) is 6.46. The van der Waals surface area contributed by atoms with Crippen LogP contribution in [0.25, 0.3) is 12.2 Å². The predicted octanol–water partition coefficient (Wildman–Crippen LogP) is 5.34. The van der Waals surface area contributed by atoms with Gasteiger partial charge in [0.1, 0.15) is 18.6 Å². The second-order valence-electron chi connectivity index (χ2n) is 8.14. The van der Waals surface area contributed by atoms with E-state index in [-0.39, 0.29) is 19.1 Å². The molecule has 2 heterocycles. The molecule has 1 aliphatic heterocycles. The molecule has 0 aliphatic carbocycles. The monoisotopic (exact) mass is 510 g/mol. The van der Waals surface area contributed by atoms with Crippen LogP contribution in [0.5, 0.6) is 11.5 Å². The Bertz CT molecular complexity index is 1210. The maximum Gasteiger partial charge on any atom is 0.417 e. The molecule has 188 valence electrons. The molecule has 8 nitrogen and oxygen atoms in total. The lowest BCUT2D eigenvalue weighted by Crippen LogP contribution is -2.32. The largest absolute Gasteiger partial charge is 0.493 e. The van der Waals surface area contributed by atoms with Gasteiger partial charge >= 0.3 is 6.09 Å². The van der Waals surface area contributed by atoms with Crippen LogP contribution in [-0.4, -0.2) is 47.5 Å². The van der Waals surface area contributed by atoms with Gasteiger partial charge in [0.25, 0.3) is 5.91 Å². The molecule has 9 heteroatoms. The fourth-order valence-corrected chi connectivity index (χ4v) is 3.86. The molecule has 2 amide bonds. The Labute approximate surface area is 214 Å². The number of rotatable bonds is 12. The summed E-state index contributed by atoms with van der Waals surface area (Å²) in [6, 6.07) is 15.4. The molecule has 0 spiro atoms. The Hall–Kier alpha value is -3.78. The first-order chi connectivity index (χ1) is 17.6. The van der Waals surface area contributed by atoms with Crippen molar-refractivity contribution in [3.63, 3.8) is 0 Å². The van der Waals surface area contributed by atoms with Crippen LogP contribution in [0.15, 0.2) is 59.2 Å². The molecular weight excluding hydrogens is 484 g/mol. The Kier molecular flexibility index (Phi) is 8.62. The van der Waals surface area contributed by atoms with Crippen molar-refractivity contribution in [2.45, 2.75) is 32.0 Å². The van der Waals surface area contributed by atoms with E-state index in [1.54, 1.807) is 25.5 Å². The van der Waals surface area contributed by atoms with Gasteiger partial charge in [0, 0.05) is 18.5 Å². The van der Waals surface area contributed by atoms with Gasteiger partial charge in [-0.2, -0.15) is 0 Å². The normalized spacial score (nSPS) is 15.5. The van der Waals surface area contributed by atoms with E-state index < -0.39 is 12.2 Å². The number of hydrogen-bond donors (Lipinski definition) is 0. The summed E-state index contributed by atoms with van der Waals surface area (Å²) in [4.78, 5) is 30.0. The van der Waals surface area contributed by atoms with Crippen molar-refractivity contribution >= 4 is 35.8 Å². The molecule has 0 bridgehead atoms. The number of benzene rings is 2. The first-order valence-corrected chi connectivity index (χ1v) is 12.2. The molecule has 1 aromatic heterocycles. The summed E-state index contributed by atoms with van der Waals surface area (Å²) in [6.07, 6.45) is 5.29. The average molecular weight is 511 g/mol. The number of oxazole rings is 1. The first-order valence-electron chi connectivity index (χ1n) is 11.6. The molecule has 1 saturated heterocycles. The minimum absolute atomic E-state index is 0.191. The van der Waals surface area contributed by atoms with Crippen LogP contribution in [0, 0.1) is 0 Å². The number of cyclic esters (lactones) is 1. The fraction of sp³-hybridized carbons (Fsp3) is 0.296. The Morgan fingerprint density at radius 1 is 1.11 bits per heavy atom. The molecule has 1 unspecified atom stereocenters. The summed E-state index contributed by atoms with van der Waals surface area (Å²) in [7, 11) is 1.57. The number of hydrogen-bond acceptors (Lipinski definition) is 7. The second kappa shape index (κ2) is 12.3. The minimum Gasteiger partial charge on any atom is -0.493 e. The first kappa shape index (κ1) is 25.3. The van der Waals surface area contributed by atoms with Crippen molar-refractivity contribution in [2.24, 2.45) is 0 Å². The summed E-state index contributed by atoms with van der Waals surface area (Å²) >= 11 is 5.67. The summed E-state index contributed by atoms with van der Waals surface area (Å²) in [5.41, 5.74) is 2.60. The van der Waals surface area contributed by atoms with E-state index in [0.29, 0.717) is 48.2 Å². The van der Waals surface area contributed by atoms with Crippen molar-refractivity contribution < 1.29 is 28.2 Å².